The quantitative estimate of drug-likeness (QED) is 0.688. The molecule has 4 heteroatoms. The third-order valence-electron chi connectivity index (χ3n) is 1.24. The van der Waals surface area contributed by atoms with Gasteiger partial charge in [-0.3, -0.25) is 0 Å². The van der Waals surface area contributed by atoms with Gasteiger partial charge in [-0.25, -0.2) is 13.2 Å². The van der Waals surface area contributed by atoms with Crippen molar-refractivity contribution in [3.63, 3.8) is 0 Å². The molecule has 1 aromatic carbocycles. The van der Waals surface area contributed by atoms with E-state index < -0.39 is 23.9 Å². The average Bonchev–Trinajstić information content (AvgIpc) is 1.85. The maximum Gasteiger partial charge on any atom is 0.133 e. The van der Waals surface area contributed by atoms with Gasteiger partial charge in [0.1, 0.15) is 18.3 Å². The van der Waals surface area contributed by atoms with E-state index in [-0.39, 0.29) is 4.47 Å². The zero-order valence-electron chi connectivity index (χ0n) is 5.37. The molecule has 0 aliphatic rings. The number of hydrogen-bond acceptors (Lipinski definition) is 0. The molecule has 1 aromatic rings. The number of hydrogen-bond donors (Lipinski definition) is 0. The molecule has 0 amide bonds. The standard InChI is InChI=1S/C7H4BrF3/c8-4-1-6(10)5(3-9)7(11)2-4/h1-2H,3H2. The summed E-state index contributed by atoms with van der Waals surface area (Å²) in [5.74, 6) is -1.72. The number of benzene rings is 1. The van der Waals surface area contributed by atoms with Crippen LogP contribution in [0.5, 0.6) is 0 Å². The van der Waals surface area contributed by atoms with Crippen LogP contribution in [-0.2, 0) is 6.67 Å². The molecule has 1 rings (SSSR count). The first-order valence-electron chi connectivity index (χ1n) is 2.84. The Hall–Kier alpha value is -0.510. The van der Waals surface area contributed by atoms with Gasteiger partial charge in [0.15, 0.2) is 0 Å². The molecule has 11 heavy (non-hydrogen) atoms. The second kappa shape index (κ2) is 3.26. The minimum atomic E-state index is -1.12. The SMILES string of the molecule is FCc1c(F)cc(Br)cc1F. The molecule has 0 unspecified atom stereocenters. The molecule has 0 nitrogen and oxygen atoms in total. The Bertz CT molecular complexity index is 249. The smallest absolute Gasteiger partial charge is 0.133 e. The highest BCUT2D eigenvalue weighted by Gasteiger charge is 2.08. The first-order valence-corrected chi connectivity index (χ1v) is 3.64. The Morgan fingerprint density at radius 3 is 2.00 bits per heavy atom. The van der Waals surface area contributed by atoms with Crippen LogP contribution in [0.15, 0.2) is 16.6 Å². The second-order valence-corrected chi connectivity index (χ2v) is 2.90. The topological polar surface area (TPSA) is 0 Å². The van der Waals surface area contributed by atoms with Crippen molar-refractivity contribution in [3.8, 4) is 0 Å². The molecule has 0 spiro atoms. The minimum Gasteiger partial charge on any atom is -0.246 e. The maximum absolute atomic E-state index is 12.6. The molecule has 0 N–H and O–H groups in total. The monoisotopic (exact) mass is 224 g/mol. The van der Waals surface area contributed by atoms with E-state index in [1.165, 1.54) is 0 Å². The highest BCUT2D eigenvalue weighted by Crippen LogP contribution is 2.19. The van der Waals surface area contributed by atoms with Crippen LogP contribution in [0.3, 0.4) is 0 Å². The van der Waals surface area contributed by atoms with E-state index in [0.29, 0.717) is 0 Å². The third-order valence-corrected chi connectivity index (χ3v) is 1.70. The maximum atomic E-state index is 12.6. The molecule has 0 saturated carbocycles. The molecule has 0 heterocycles. The highest BCUT2D eigenvalue weighted by molar-refractivity contribution is 9.10. The van der Waals surface area contributed by atoms with Crippen LogP contribution in [0.4, 0.5) is 13.2 Å². The average molecular weight is 225 g/mol. The van der Waals surface area contributed by atoms with E-state index >= 15 is 0 Å². The van der Waals surface area contributed by atoms with E-state index in [0.717, 1.165) is 12.1 Å². The molecule has 0 aliphatic heterocycles. The van der Waals surface area contributed by atoms with Gasteiger partial charge in [0.2, 0.25) is 0 Å². The predicted molar refractivity (Wildman–Crippen MR) is 38.9 cm³/mol. The molecule has 0 radical (unpaired) electrons. The first kappa shape index (κ1) is 8.59. The Balaban J connectivity index is 3.25. The zero-order valence-corrected chi connectivity index (χ0v) is 6.96. The van der Waals surface area contributed by atoms with Gasteiger partial charge in [-0.15, -0.1) is 0 Å². The Morgan fingerprint density at radius 1 is 1.18 bits per heavy atom. The van der Waals surface area contributed by atoms with Crippen molar-refractivity contribution in [1.29, 1.82) is 0 Å². The molecule has 0 aromatic heterocycles. The summed E-state index contributed by atoms with van der Waals surface area (Å²) in [5, 5.41) is 0. The Morgan fingerprint density at radius 2 is 1.64 bits per heavy atom. The first-order chi connectivity index (χ1) is 5.15. The summed E-state index contributed by atoms with van der Waals surface area (Å²) in [4.78, 5) is 0. The molecule has 0 fully saturated rings. The van der Waals surface area contributed by atoms with E-state index in [2.05, 4.69) is 15.9 Å². The summed E-state index contributed by atoms with van der Waals surface area (Å²) in [7, 11) is 0. The normalized spacial score (nSPS) is 10.2. The molecule has 0 bridgehead atoms. The molecule has 0 saturated heterocycles. The molecular weight excluding hydrogens is 221 g/mol. The van der Waals surface area contributed by atoms with Crippen molar-refractivity contribution in [3.05, 3.63) is 33.8 Å². The third kappa shape index (κ3) is 1.74. The number of rotatable bonds is 1. The van der Waals surface area contributed by atoms with Crippen molar-refractivity contribution in [2.45, 2.75) is 6.67 Å². The van der Waals surface area contributed by atoms with E-state index in [4.69, 9.17) is 0 Å². The number of alkyl halides is 1. The lowest BCUT2D eigenvalue weighted by Gasteiger charge is -1.99. The van der Waals surface area contributed by atoms with Crippen LogP contribution in [0.1, 0.15) is 5.56 Å². The Labute approximate surface area is 70.2 Å². The van der Waals surface area contributed by atoms with Crippen molar-refractivity contribution >= 4 is 15.9 Å². The fraction of sp³-hybridized carbons (Fsp3) is 0.143. The number of halogens is 4. The molecule has 0 atom stereocenters. The van der Waals surface area contributed by atoms with Crippen LogP contribution >= 0.6 is 15.9 Å². The fourth-order valence-corrected chi connectivity index (χ4v) is 1.10. The van der Waals surface area contributed by atoms with Gasteiger partial charge in [0, 0.05) is 4.47 Å². The summed E-state index contributed by atoms with van der Waals surface area (Å²) in [5.41, 5.74) is -0.520. The largest absolute Gasteiger partial charge is 0.246 e. The van der Waals surface area contributed by atoms with E-state index in [1.807, 2.05) is 0 Å². The van der Waals surface area contributed by atoms with E-state index in [1.54, 1.807) is 0 Å². The van der Waals surface area contributed by atoms with Crippen molar-refractivity contribution in [1.82, 2.24) is 0 Å². The summed E-state index contributed by atoms with van der Waals surface area (Å²) in [6.45, 7) is -1.12. The van der Waals surface area contributed by atoms with Gasteiger partial charge in [-0.05, 0) is 12.1 Å². The van der Waals surface area contributed by atoms with Crippen LogP contribution < -0.4 is 0 Å². The van der Waals surface area contributed by atoms with Crippen molar-refractivity contribution in [2.75, 3.05) is 0 Å². The van der Waals surface area contributed by atoms with Gasteiger partial charge >= 0.3 is 0 Å². The van der Waals surface area contributed by atoms with Crippen LogP contribution in [-0.4, -0.2) is 0 Å². The lowest BCUT2D eigenvalue weighted by molar-refractivity contribution is 0.439. The summed E-state index contributed by atoms with van der Waals surface area (Å²) in [6, 6.07) is 2.05. The van der Waals surface area contributed by atoms with Gasteiger partial charge in [-0.1, -0.05) is 15.9 Å². The lowest BCUT2D eigenvalue weighted by atomic mass is 10.2. The molecular formula is C7H4BrF3. The van der Waals surface area contributed by atoms with Gasteiger partial charge in [-0.2, -0.15) is 0 Å². The summed E-state index contributed by atoms with van der Waals surface area (Å²) >= 11 is 2.87. The van der Waals surface area contributed by atoms with Crippen LogP contribution in [0.25, 0.3) is 0 Å². The second-order valence-electron chi connectivity index (χ2n) is 1.98. The van der Waals surface area contributed by atoms with E-state index in [9.17, 15) is 13.2 Å². The lowest BCUT2D eigenvalue weighted by Crippen LogP contribution is -1.92. The van der Waals surface area contributed by atoms with Gasteiger partial charge in [0.05, 0.1) is 5.56 Å². The summed E-state index contributed by atoms with van der Waals surface area (Å²) < 4.78 is 37.4. The van der Waals surface area contributed by atoms with Gasteiger partial charge < -0.3 is 0 Å². The zero-order chi connectivity index (χ0) is 8.43. The molecule has 0 aliphatic carbocycles. The van der Waals surface area contributed by atoms with Crippen LogP contribution in [0, 0.1) is 11.6 Å². The molecule has 60 valence electrons. The fourth-order valence-electron chi connectivity index (χ4n) is 0.700. The predicted octanol–water partition coefficient (Wildman–Crippen LogP) is 3.20. The minimum absolute atomic E-state index is 0.268. The van der Waals surface area contributed by atoms with Crippen LogP contribution in [0.2, 0.25) is 0 Å². The Kier molecular flexibility index (Phi) is 2.54. The highest BCUT2D eigenvalue weighted by atomic mass is 79.9. The van der Waals surface area contributed by atoms with Gasteiger partial charge in [0.25, 0.3) is 0 Å². The van der Waals surface area contributed by atoms with Crippen molar-refractivity contribution < 1.29 is 13.2 Å². The summed E-state index contributed by atoms with van der Waals surface area (Å²) in [6.07, 6.45) is 0. The van der Waals surface area contributed by atoms with Crippen molar-refractivity contribution in [2.24, 2.45) is 0 Å².